The highest BCUT2D eigenvalue weighted by Gasteiger charge is 2.34. The first-order valence-corrected chi connectivity index (χ1v) is 13.4. The van der Waals surface area contributed by atoms with Crippen LogP contribution in [0.15, 0.2) is 24.3 Å². The average molecular weight is 590 g/mol. The molecule has 0 bridgehead atoms. The van der Waals surface area contributed by atoms with Crippen molar-refractivity contribution in [1.82, 2.24) is 5.32 Å². The van der Waals surface area contributed by atoms with Gasteiger partial charge in [-0.15, -0.1) is 0 Å². The zero-order valence-electron chi connectivity index (χ0n) is 18.0. The largest absolute Gasteiger partial charge is 0.361 e. The molecule has 1 atom stereocenters. The molecule has 0 saturated heterocycles. The van der Waals surface area contributed by atoms with Crippen molar-refractivity contribution in [2.24, 2.45) is 0 Å². The normalized spacial score (nSPS) is 12.6. The third-order valence-corrected chi connectivity index (χ3v) is 6.66. The molecule has 3 nitrogen and oxygen atoms in total. The maximum absolute atomic E-state index is 12.3. The molecule has 0 aliphatic rings. The first-order valence-electron chi connectivity index (χ1n) is 11.2. The Kier molecular flexibility index (Phi) is 15.6. The molecule has 0 spiro atoms. The average Bonchev–Trinajstić information content (AvgIpc) is 2.69. The number of benzene rings is 1. The molecule has 0 unspecified atom stereocenters. The van der Waals surface area contributed by atoms with E-state index in [9.17, 15) is 4.79 Å². The van der Waals surface area contributed by atoms with Crippen molar-refractivity contribution in [1.29, 1.82) is 0 Å². The fourth-order valence-electron chi connectivity index (χ4n) is 3.29. The second-order valence-electron chi connectivity index (χ2n) is 7.81. The standard InChI is InChI=1S/C23H36Cl3IN2O/c1-2-3-4-5-6-7-8-9-10-11-12-13-18-21(30)29-22(23(24,25)26)28-20-17-15-14-16-19(20)27/h14-17,22,28H,2-13,18H2,1H3,(H,29,30)/t22-/m0/s1. The van der Waals surface area contributed by atoms with Gasteiger partial charge in [0.2, 0.25) is 9.70 Å². The maximum Gasteiger partial charge on any atom is 0.228 e. The van der Waals surface area contributed by atoms with Crippen LogP contribution in [-0.4, -0.2) is 15.9 Å². The number of alkyl halides is 3. The van der Waals surface area contributed by atoms with Gasteiger partial charge >= 0.3 is 0 Å². The van der Waals surface area contributed by atoms with Gasteiger partial charge in [-0.2, -0.15) is 0 Å². The van der Waals surface area contributed by atoms with Gasteiger partial charge in [-0.05, 0) is 41.1 Å². The minimum Gasteiger partial charge on any atom is -0.361 e. The number of carbonyl (C=O) groups excluding carboxylic acids is 1. The van der Waals surface area contributed by atoms with Crippen LogP contribution in [0, 0.1) is 3.57 Å². The Morgan fingerprint density at radius 1 is 0.900 bits per heavy atom. The minimum absolute atomic E-state index is 0.100. The van der Waals surface area contributed by atoms with Crippen LogP contribution < -0.4 is 10.6 Å². The van der Waals surface area contributed by atoms with Crippen molar-refractivity contribution < 1.29 is 4.79 Å². The van der Waals surface area contributed by atoms with Gasteiger partial charge in [0, 0.05) is 15.7 Å². The smallest absolute Gasteiger partial charge is 0.228 e. The summed E-state index contributed by atoms with van der Waals surface area (Å²) in [5.74, 6) is -0.100. The van der Waals surface area contributed by atoms with E-state index < -0.39 is 9.96 Å². The Morgan fingerprint density at radius 2 is 1.40 bits per heavy atom. The zero-order chi connectivity index (χ0) is 22.2. The highest BCUT2D eigenvalue weighted by atomic mass is 127. The molecule has 2 N–H and O–H groups in total. The predicted molar refractivity (Wildman–Crippen MR) is 141 cm³/mol. The molecule has 172 valence electrons. The summed E-state index contributed by atoms with van der Waals surface area (Å²) in [6.45, 7) is 2.26. The van der Waals surface area contributed by atoms with Gasteiger partial charge in [0.05, 0.1) is 0 Å². The summed E-state index contributed by atoms with van der Waals surface area (Å²) < 4.78 is -0.657. The first kappa shape index (κ1) is 28.1. The van der Waals surface area contributed by atoms with Crippen molar-refractivity contribution in [3.8, 4) is 0 Å². The van der Waals surface area contributed by atoms with Crippen LogP contribution in [0.1, 0.15) is 90.4 Å². The second kappa shape index (κ2) is 16.7. The number of anilines is 1. The van der Waals surface area contributed by atoms with Gasteiger partial charge < -0.3 is 10.6 Å². The first-order chi connectivity index (χ1) is 14.3. The van der Waals surface area contributed by atoms with Gasteiger partial charge in [-0.3, -0.25) is 4.79 Å². The Bertz CT molecular complexity index is 596. The molecule has 30 heavy (non-hydrogen) atoms. The SMILES string of the molecule is CCCCCCCCCCCCCCC(=O)N[C@H](Nc1ccccc1I)C(Cl)(Cl)Cl. The number of rotatable bonds is 16. The zero-order valence-corrected chi connectivity index (χ0v) is 22.4. The quantitative estimate of drug-likeness (QED) is 0.0877. The number of amides is 1. The number of carbonyl (C=O) groups is 1. The van der Waals surface area contributed by atoms with E-state index in [-0.39, 0.29) is 5.91 Å². The Hall–Kier alpha value is 0.0900. The van der Waals surface area contributed by atoms with Gasteiger partial charge in [0.15, 0.2) is 0 Å². The van der Waals surface area contributed by atoms with Crippen LogP contribution >= 0.6 is 57.4 Å². The van der Waals surface area contributed by atoms with Gasteiger partial charge in [-0.25, -0.2) is 0 Å². The van der Waals surface area contributed by atoms with Crippen molar-refractivity contribution in [3.63, 3.8) is 0 Å². The minimum atomic E-state index is -1.65. The van der Waals surface area contributed by atoms with Crippen molar-refractivity contribution in [2.45, 2.75) is 100 Å². The summed E-state index contributed by atoms with van der Waals surface area (Å²) in [5, 5.41) is 5.95. The van der Waals surface area contributed by atoms with Gasteiger partial charge in [0.25, 0.3) is 0 Å². The van der Waals surface area contributed by atoms with Crippen LogP contribution in [0.2, 0.25) is 0 Å². The van der Waals surface area contributed by atoms with E-state index in [1.165, 1.54) is 64.2 Å². The molecule has 0 radical (unpaired) electrons. The molecule has 7 heteroatoms. The summed E-state index contributed by atoms with van der Waals surface area (Å²) >= 11 is 20.4. The fourth-order valence-corrected chi connectivity index (χ4v) is 4.16. The molecule has 1 aromatic carbocycles. The Balaban J connectivity index is 2.17. The third kappa shape index (κ3) is 13.5. The van der Waals surface area contributed by atoms with Crippen LogP contribution in [0.4, 0.5) is 5.69 Å². The number of nitrogens with one attached hydrogen (secondary N) is 2. The molecule has 0 saturated carbocycles. The number of para-hydroxylation sites is 1. The second-order valence-corrected chi connectivity index (χ2v) is 11.3. The highest BCUT2D eigenvalue weighted by Crippen LogP contribution is 2.32. The molecule has 1 amide bonds. The lowest BCUT2D eigenvalue weighted by atomic mass is 10.0. The molecule has 0 aliphatic carbocycles. The fraction of sp³-hybridized carbons (Fsp3) is 0.696. The molecule has 1 aromatic rings. The molecule has 0 aromatic heterocycles. The van der Waals surface area contributed by atoms with E-state index in [0.717, 1.165) is 22.1 Å². The molecule has 1 rings (SSSR count). The van der Waals surface area contributed by atoms with E-state index >= 15 is 0 Å². The van der Waals surface area contributed by atoms with E-state index in [1.807, 2.05) is 24.3 Å². The lowest BCUT2D eigenvalue weighted by Gasteiger charge is -2.28. The molecular formula is C23H36Cl3IN2O. The monoisotopic (exact) mass is 588 g/mol. The summed E-state index contributed by atoms with van der Waals surface area (Å²) in [7, 11) is 0. The predicted octanol–water partition coefficient (Wildman–Crippen LogP) is 8.61. The van der Waals surface area contributed by atoms with E-state index in [0.29, 0.717) is 6.42 Å². The number of halogens is 4. The molecular weight excluding hydrogens is 554 g/mol. The van der Waals surface area contributed by atoms with Crippen molar-refractivity contribution in [3.05, 3.63) is 27.8 Å². The number of hydrogen-bond donors (Lipinski definition) is 2. The Labute approximate surface area is 211 Å². The third-order valence-electron chi connectivity index (χ3n) is 5.06. The van der Waals surface area contributed by atoms with Crippen molar-refractivity contribution in [2.75, 3.05) is 5.32 Å². The van der Waals surface area contributed by atoms with E-state index in [4.69, 9.17) is 34.8 Å². The van der Waals surface area contributed by atoms with E-state index in [1.54, 1.807) is 0 Å². The topological polar surface area (TPSA) is 41.1 Å². The van der Waals surface area contributed by atoms with Crippen LogP contribution in [0.3, 0.4) is 0 Å². The summed E-state index contributed by atoms with van der Waals surface area (Å²) in [6.07, 6.45) is 14.8. The van der Waals surface area contributed by atoms with Crippen molar-refractivity contribution >= 4 is 69.0 Å². The lowest BCUT2D eigenvalue weighted by Crippen LogP contribution is -2.49. The van der Waals surface area contributed by atoms with Crippen LogP contribution in [0.25, 0.3) is 0 Å². The maximum atomic E-state index is 12.3. The molecule has 0 fully saturated rings. The van der Waals surface area contributed by atoms with E-state index in [2.05, 4.69) is 40.1 Å². The molecule has 0 heterocycles. The van der Waals surface area contributed by atoms with Gasteiger partial charge in [0.1, 0.15) is 6.17 Å². The number of hydrogen-bond acceptors (Lipinski definition) is 2. The lowest BCUT2D eigenvalue weighted by molar-refractivity contribution is -0.121. The summed E-state index contributed by atoms with van der Waals surface area (Å²) in [5.41, 5.74) is 0.820. The summed E-state index contributed by atoms with van der Waals surface area (Å²) in [6, 6.07) is 7.67. The molecule has 0 aliphatic heterocycles. The van der Waals surface area contributed by atoms with Crippen LogP contribution in [-0.2, 0) is 4.79 Å². The van der Waals surface area contributed by atoms with Crippen LogP contribution in [0.5, 0.6) is 0 Å². The number of unbranched alkanes of at least 4 members (excludes halogenated alkanes) is 11. The van der Waals surface area contributed by atoms with Gasteiger partial charge in [-0.1, -0.05) is 124 Å². The highest BCUT2D eigenvalue weighted by molar-refractivity contribution is 14.1. The Morgan fingerprint density at radius 3 is 1.90 bits per heavy atom. The summed E-state index contributed by atoms with van der Waals surface area (Å²) in [4.78, 5) is 12.3.